The van der Waals surface area contributed by atoms with Crippen molar-refractivity contribution in [2.75, 3.05) is 5.32 Å². The second-order valence-electron chi connectivity index (χ2n) is 7.61. The molecule has 0 bridgehead atoms. The fraction of sp³-hybridized carbons (Fsp3) is 0.174. The van der Waals surface area contributed by atoms with Crippen LogP contribution in [0.4, 0.5) is 11.7 Å². The molecule has 0 atom stereocenters. The van der Waals surface area contributed by atoms with Crippen molar-refractivity contribution in [2.45, 2.75) is 26.2 Å². The molecule has 2 aromatic carbocycles. The van der Waals surface area contributed by atoms with Crippen molar-refractivity contribution in [1.82, 2.24) is 15.2 Å². The highest BCUT2D eigenvalue weighted by Gasteiger charge is 2.20. The molecule has 0 fully saturated rings. The molecule has 0 unspecified atom stereocenters. The first-order valence-corrected chi connectivity index (χ1v) is 9.39. The van der Waals surface area contributed by atoms with E-state index in [0.29, 0.717) is 17.5 Å². The van der Waals surface area contributed by atoms with Crippen LogP contribution in [0.5, 0.6) is 11.6 Å². The number of anilines is 2. The number of ether oxygens (including phenoxy) is 1. The highest BCUT2D eigenvalue weighted by molar-refractivity contribution is 5.61. The molecular formula is C23H22N4O2. The van der Waals surface area contributed by atoms with Crippen LogP contribution < -0.4 is 10.1 Å². The molecule has 2 heterocycles. The summed E-state index contributed by atoms with van der Waals surface area (Å²) in [6, 6.07) is 21.5. The fourth-order valence-electron chi connectivity index (χ4n) is 2.93. The van der Waals surface area contributed by atoms with Gasteiger partial charge in [-0.1, -0.05) is 62.3 Å². The first-order valence-electron chi connectivity index (χ1n) is 9.39. The van der Waals surface area contributed by atoms with E-state index in [9.17, 15) is 0 Å². The molecule has 0 amide bonds. The largest absolute Gasteiger partial charge is 0.437 e. The highest BCUT2D eigenvalue weighted by atomic mass is 16.5. The van der Waals surface area contributed by atoms with Crippen LogP contribution in [0.3, 0.4) is 0 Å². The van der Waals surface area contributed by atoms with Gasteiger partial charge in [-0.2, -0.15) is 0 Å². The zero-order chi connectivity index (χ0) is 20.3. The number of rotatable bonds is 5. The van der Waals surface area contributed by atoms with Gasteiger partial charge in [0.1, 0.15) is 11.4 Å². The Hall–Kier alpha value is -3.67. The van der Waals surface area contributed by atoms with Crippen molar-refractivity contribution < 1.29 is 9.15 Å². The first kappa shape index (κ1) is 18.7. The minimum Gasteiger partial charge on any atom is -0.437 e. The van der Waals surface area contributed by atoms with Gasteiger partial charge in [0.15, 0.2) is 0 Å². The van der Waals surface area contributed by atoms with Gasteiger partial charge in [-0.3, -0.25) is 0 Å². The zero-order valence-electron chi connectivity index (χ0n) is 16.6. The van der Waals surface area contributed by atoms with Crippen LogP contribution in [-0.4, -0.2) is 15.2 Å². The number of nitrogens with one attached hydrogen (secondary N) is 1. The van der Waals surface area contributed by atoms with E-state index >= 15 is 0 Å². The number of hydrogen-bond acceptors (Lipinski definition) is 6. The van der Waals surface area contributed by atoms with E-state index in [2.05, 4.69) is 47.3 Å². The normalized spacial score (nSPS) is 11.3. The van der Waals surface area contributed by atoms with Crippen LogP contribution in [0.15, 0.2) is 77.3 Å². The fourth-order valence-corrected chi connectivity index (χ4v) is 2.93. The van der Waals surface area contributed by atoms with Gasteiger partial charge >= 0.3 is 6.01 Å². The molecule has 4 rings (SSSR count). The molecule has 0 spiro atoms. The van der Waals surface area contributed by atoms with E-state index in [1.807, 2.05) is 60.7 Å². The van der Waals surface area contributed by atoms with E-state index in [1.165, 1.54) is 0 Å². The third-order valence-electron chi connectivity index (χ3n) is 4.36. The van der Waals surface area contributed by atoms with E-state index in [-0.39, 0.29) is 11.4 Å². The van der Waals surface area contributed by atoms with Gasteiger partial charge in [0.2, 0.25) is 11.8 Å². The lowest BCUT2D eigenvalue weighted by atomic mass is 9.86. The maximum Gasteiger partial charge on any atom is 0.320 e. The van der Waals surface area contributed by atoms with Crippen molar-refractivity contribution >= 4 is 11.7 Å². The van der Waals surface area contributed by atoms with Crippen molar-refractivity contribution in [3.8, 4) is 23.1 Å². The molecule has 146 valence electrons. The molecule has 6 nitrogen and oxygen atoms in total. The van der Waals surface area contributed by atoms with Gasteiger partial charge in [0, 0.05) is 17.3 Å². The van der Waals surface area contributed by atoms with Crippen molar-refractivity contribution in [3.63, 3.8) is 0 Å². The number of benzene rings is 2. The van der Waals surface area contributed by atoms with Gasteiger partial charge in [-0.05, 0) is 35.7 Å². The molecule has 0 aliphatic heterocycles. The molecule has 0 aliphatic rings. The third kappa shape index (κ3) is 4.27. The topological polar surface area (TPSA) is 73.1 Å². The van der Waals surface area contributed by atoms with Gasteiger partial charge in [-0.15, -0.1) is 5.10 Å². The lowest BCUT2D eigenvalue weighted by Gasteiger charge is -2.22. The molecule has 1 N–H and O–H groups in total. The second kappa shape index (κ2) is 7.75. The third-order valence-corrected chi connectivity index (χ3v) is 4.36. The number of para-hydroxylation sites is 1. The molecule has 4 aromatic rings. The number of pyridine rings is 1. The van der Waals surface area contributed by atoms with Crippen molar-refractivity contribution in [2.24, 2.45) is 0 Å². The molecule has 0 radical (unpaired) electrons. The van der Waals surface area contributed by atoms with Crippen LogP contribution in [0.2, 0.25) is 0 Å². The zero-order valence-corrected chi connectivity index (χ0v) is 16.6. The summed E-state index contributed by atoms with van der Waals surface area (Å²) in [5.74, 6) is 1.64. The highest BCUT2D eigenvalue weighted by Crippen LogP contribution is 2.36. The van der Waals surface area contributed by atoms with E-state index in [1.54, 1.807) is 6.20 Å². The van der Waals surface area contributed by atoms with E-state index in [0.717, 1.165) is 16.9 Å². The number of nitrogens with zero attached hydrogens (tertiary/aromatic N) is 3. The van der Waals surface area contributed by atoms with Gasteiger partial charge in [0.05, 0.1) is 0 Å². The smallest absolute Gasteiger partial charge is 0.320 e. The maximum atomic E-state index is 6.17. The molecule has 29 heavy (non-hydrogen) atoms. The molecule has 0 saturated carbocycles. The quantitative estimate of drug-likeness (QED) is 0.456. The summed E-state index contributed by atoms with van der Waals surface area (Å²) < 4.78 is 11.9. The van der Waals surface area contributed by atoms with E-state index < -0.39 is 0 Å². The summed E-state index contributed by atoms with van der Waals surface area (Å²) in [6.45, 7) is 6.45. The minimum absolute atomic E-state index is 0.0595. The summed E-state index contributed by atoms with van der Waals surface area (Å²) in [4.78, 5) is 4.38. The van der Waals surface area contributed by atoms with Crippen LogP contribution in [0.25, 0.3) is 11.5 Å². The summed E-state index contributed by atoms with van der Waals surface area (Å²) in [5, 5.41) is 11.3. The van der Waals surface area contributed by atoms with Crippen molar-refractivity contribution in [1.29, 1.82) is 0 Å². The summed E-state index contributed by atoms with van der Waals surface area (Å²) in [5.41, 5.74) is 2.53. The molecule has 0 aliphatic carbocycles. The van der Waals surface area contributed by atoms with Crippen LogP contribution in [-0.2, 0) is 5.41 Å². The lowest BCUT2D eigenvalue weighted by molar-refractivity contribution is 0.441. The van der Waals surface area contributed by atoms with Crippen molar-refractivity contribution in [3.05, 3.63) is 78.5 Å². The Labute approximate surface area is 169 Å². The monoisotopic (exact) mass is 386 g/mol. The maximum absolute atomic E-state index is 6.17. The Morgan fingerprint density at radius 2 is 1.62 bits per heavy atom. The summed E-state index contributed by atoms with van der Waals surface area (Å²) in [6.07, 6.45) is 1.68. The average Bonchev–Trinajstić information content (AvgIpc) is 3.18. The van der Waals surface area contributed by atoms with Gasteiger partial charge in [0.25, 0.3) is 0 Å². The Morgan fingerprint density at radius 1 is 0.862 bits per heavy atom. The van der Waals surface area contributed by atoms with Crippen LogP contribution in [0.1, 0.15) is 26.3 Å². The SMILES string of the molecule is CC(C)(C)c1ccccc1Oc1ncccc1Nc1nnc(-c2ccccc2)o1. The molecule has 6 heteroatoms. The second-order valence-corrected chi connectivity index (χ2v) is 7.61. The van der Waals surface area contributed by atoms with Crippen LogP contribution >= 0.6 is 0 Å². The molecule has 2 aromatic heterocycles. The Morgan fingerprint density at radius 3 is 2.41 bits per heavy atom. The van der Waals surface area contributed by atoms with Crippen LogP contribution in [0, 0.1) is 0 Å². The van der Waals surface area contributed by atoms with Gasteiger partial charge < -0.3 is 14.5 Å². The number of aromatic nitrogens is 3. The minimum atomic E-state index is -0.0595. The Bertz CT molecular complexity index is 1100. The predicted octanol–water partition coefficient (Wildman–Crippen LogP) is 5.97. The average molecular weight is 386 g/mol. The Kier molecular flexibility index (Phi) is 4.99. The Balaban J connectivity index is 1.60. The first-order chi connectivity index (χ1) is 14.0. The summed E-state index contributed by atoms with van der Waals surface area (Å²) >= 11 is 0. The summed E-state index contributed by atoms with van der Waals surface area (Å²) in [7, 11) is 0. The standard InChI is InChI=1S/C23H22N4O2/c1-23(2,3)17-12-7-8-14-19(17)28-21-18(13-9-15-24-21)25-22-27-26-20(29-22)16-10-5-4-6-11-16/h4-15H,1-3H3,(H,25,27). The molecule has 0 saturated heterocycles. The predicted molar refractivity (Wildman–Crippen MR) is 112 cm³/mol. The number of hydrogen-bond donors (Lipinski definition) is 1. The van der Waals surface area contributed by atoms with E-state index in [4.69, 9.17) is 9.15 Å². The lowest BCUT2D eigenvalue weighted by Crippen LogP contribution is -2.12. The van der Waals surface area contributed by atoms with Gasteiger partial charge in [-0.25, -0.2) is 4.98 Å². The molecular weight excluding hydrogens is 364 g/mol.